The lowest BCUT2D eigenvalue weighted by atomic mass is 10.2. The topological polar surface area (TPSA) is 42.7 Å². The van der Waals surface area contributed by atoms with Gasteiger partial charge in [-0.2, -0.15) is 5.10 Å². The van der Waals surface area contributed by atoms with E-state index in [0.717, 1.165) is 16.9 Å². The van der Waals surface area contributed by atoms with Crippen LogP contribution in [0.15, 0.2) is 24.5 Å². The van der Waals surface area contributed by atoms with E-state index >= 15 is 0 Å². The van der Waals surface area contributed by atoms with Gasteiger partial charge in [-0.15, -0.1) is 0 Å². The lowest BCUT2D eigenvalue weighted by Crippen LogP contribution is -2.12. The quantitative estimate of drug-likeness (QED) is 0.852. The first-order chi connectivity index (χ1) is 8.09. The Morgan fingerprint density at radius 3 is 2.71 bits per heavy atom. The van der Waals surface area contributed by atoms with Crippen molar-refractivity contribution in [3.8, 4) is 0 Å². The van der Waals surface area contributed by atoms with Gasteiger partial charge in [-0.3, -0.25) is 4.68 Å². The molecule has 0 saturated heterocycles. The fourth-order valence-electron chi connectivity index (χ4n) is 1.80. The van der Waals surface area contributed by atoms with Crippen LogP contribution in [0.25, 0.3) is 0 Å². The Labute approximate surface area is 106 Å². The highest BCUT2D eigenvalue weighted by molar-refractivity contribution is 6.32. The van der Waals surface area contributed by atoms with E-state index in [0.29, 0.717) is 5.15 Å². The van der Waals surface area contributed by atoms with E-state index in [9.17, 15) is 0 Å². The number of halogens is 1. The highest BCUT2D eigenvalue weighted by Crippen LogP contribution is 2.27. The molecule has 0 aliphatic heterocycles. The average molecular weight is 251 g/mol. The predicted octanol–water partition coefficient (Wildman–Crippen LogP) is 2.95. The maximum absolute atomic E-state index is 6.08. The summed E-state index contributed by atoms with van der Waals surface area (Å²) < 4.78 is 1.84. The minimum absolute atomic E-state index is 0.128. The maximum atomic E-state index is 6.08. The lowest BCUT2D eigenvalue weighted by Gasteiger charge is -2.17. The number of hydrogen-bond donors (Lipinski definition) is 1. The summed E-state index contributed by atoms with van der Waals surface area (Å²) in [6, 6.07) is 4.05. The first-order valence-corrected chi connectivity index (χ1v) is 5.83. The van der Waals surface area contributed by atoms with Gasteiger partial charge >= 0.3 is 0 Å². The van der Waals surface area contributed by atoms with Crippen molar-refractivity contribution >= 4 is 17.3 Å². The number of anilines is 1. The fraction of sp³-hybridized carbons (Fsp3) is 0.333. The zero-order valence-electron chi connectivity index (χ0n) is 10.1. The maximum Gasteiger partial charge on any atom is 0.152 e. The second kappa shape index (κ2) is 4.75. The molecule has 2 aromatic heterocycles. The number of aryl methyl sites for hydroxylation is 2. The third-order valence-corrected chi connectivity index (χ3v) is 3.06. The summed E-state index contributed by atoms with van der Waals surface area (Å²) in [4.78, 5) is 4.08. The molecule has 5 heteroatoms. The van der Waals surface area contributed by atoms with Gasteiger partial charge in [0, 0.05) is 19.4 Å². The summed E-state index contributed by atoms with van der Waals surface area (Å²) in [5, 5.41) is 8.02. The van der Waals surface area contributed by atoms with E-state index in [-0.39, 0.29) is 6.04 Å². The molecule has 2 aromatic rings. The molecular weight excluding hydrogens is 236 g/mol. The smallest absolute Gasteiger partial charge is 0.152 e. The van der Waals surface area contributed by atoms with Crippen molar-refractivity contribution in [2.45, 2.75) is 19.9 Å². The van der Waals surface area contributed by atoms with Gasteiger partial charge in [0.05, 0.1) is 17.4 Å². The largest absolute Gasteiger partial charge is 0.374 e. The van der Waals surface area contributed by atoms with Crippen LogP contribution in [0, 0.1) is 6.92 Å². The van der Waals surface area contributed by atoms with Crippen LogP contribution in [0.4, 0.5) is 5.69 Å². The molecule has 2 rings (SSSR count). The zero-order valence-corrected chi connectivity index (χ0v) is 10.9. The van der Waals surface area contributed by atoms with Crippen molar-refractivity contribution in [3.05, 3.63) is 40.9 Å². The minimum Gasteiger partial charge on any atom is -0.374 e. The minimum atomic E-state index is 0.128. The van der Waals surface area contributed by atoms with Gasteiger partial charge in [-0.1, -0.05) is 11.6 Å². The average Bonchev–Trinajstić information content (AvgIpc) is 2.70. The summed E-state index contributed by atoms with van der Waals surface area (Å²) in [6.45, 7) is 4.08. The molecule has 2 heterocycles. The zero-order chi connectivity index (χ0) is 12.4. The molecule has 1 unspecified atom stereocenters. The van der Waals surface area contributed by atoms with Crippen molar-refractivity contribution in [2.75, 3.05) is 5.32 Å². The van der Waals surface area contributed by atoms with E-state index in [2.05, 4.69) is 22.3 Å². The van der Waals surface area contributed by atoms with Crippen LogP contribution in [0.1, 0.15) is 24.2 Å². The van der Waals surface area contributed by atoms with Gasteiger partial charge in [-0.25, -0.2) is 4.98 Å². The van der Waals surface area contributed by atoms with Crippen molar-refractivity contribution in [1.82, 2.24) is 14.8 Å². The van der Waals surface area contributed by atoms with Crippen LogP contribution in [-0.2, 0) is 7.05 Å². The van der Waals surface area contributed by atoms with Gasteiger partial charge in [0.2, 0.25) is 0 Å². The molecule has 0 aliphatic carbocycles. The van der Waals surface area contributed by atoms with E-state index < -0.39 is 0 Å². The van der Waals surface area contributed by atoms with Crippen LogP contribution in [0.2, 0.25) is 5.15 Å². The van der Waals surface area contributed by atoms with Gasteiger partial charge in [-0.05, 0) is 31.5 Å². The van der Waals surface area contributed by atoms with E-state index in [1.807, 2.05) is 30.8 Å². The molecule has 0 spiro atoms. The Hall–Kier alpha value is -1.55. The third kappa shape index (κ3) is 2.42. The summed E-state index contributed by atoms with van der Waals surface area (Å²) in [5.41, 5.74) is 3.06. The van der Waals surface area contributed by atoms with Crippen LogP contribution in [0.5, 0.6) is 0 Å². The monoisotopic (exact) mass is 250 g/mol. The number of hydrogen-bond acceptors (Lipinski definition) is 3. The summed E-state index contributed by atoms with van der Waals surface area (Å²) in [6.07, 6.45) is 3.49. The van der Waals surface area contributed by atoms with Gasteiger partial charge < -0.3 is 5.32 Å². The van der Waals surface area contributed by atoms with Crippen LogP contribution in [0.3, 0.4) is 0 Å². The number of nitrogens with zero attached hydrogens (tertiary/aromatic N) is 3. The van der Waals surface area contributed by atoms with E-state index in [1.54, 1.807) is 12.4 Å². The summed E-state index contributed by atoms with van der Waals surface area (Å²) in [7, 11) is 1.92. The fourth-order valence-corrected chi connectivity index (χ4v) is 2.06. The number of pyridine rings is 1. The lowest BCUT2D eigenvalue weighted by molar-refractivity contribution is 0.675. The van der Waals surface area contributed by atoms with Crippen LogP contribution in [-0.4, -0.2) is 14.8 Å². The molecule has 0 radical (unpaired) electrons. The number of nitrogens with one attached hydrogen (secondary N) is 1. The first kappa shape index (κ1) is 11.9. The van der Waals surface area contributed by atoms with Crippen molar-refractivity contribution in [3.63, 3.8) is 0 Å². The Bertz CT molecular complexity index is 501. The molecule has 0 bridgehead atoms. The second-order valence-corrected chi connectivity index (χ2v) is 4.40. The number of rotatable bonds is 3. The summed E-state index contributed by atoms with van der Waals surface area (Å²) in [5.74, 6) is 0. The van der Waals surface area contributed by atoms with E-state index in [4.69, 9.17) is 11.6 Å². The molecular formula is C12H15ClN4. The molecule has 0 fully saturated rings. The number of aromatic nitrogens is 3. The Balaban J connectivity index is 2.25. The standard InChI is InChI=1S/C12H15ClN4/c1-8-4-6-14-12(13)11(8)16-9(2)10-5-7-15-17(10)3/h4-7,9,16H,1-3H3. The molecule has 4 nitrogen and oxygen atoms in total. The summed E-state index contributed by atoms with van der Waals surface area (Å²) >= 11 is 6.08. The molecule has 0 saturated carbocycles. The van der Waals surface area contributed by atoms with Crippen LogP contribution < -0.4 is 5.32 Å². The third-order valence-electron chi connectivity index (χ3n) is 2.78. The predicted molar refractivity (Wildman–Crippen MR) is 69.2 cm³/mol. The second-order valence-electron chi connectivity index (χ2n) is 4.04. The van der Waals surface area contributed by atoms with Crippen molar-refractivity contribution in [1.29, 1.82) is 0 Å². The first-order valence-electron chi connectivity index (χ1n) is 5.45. The van der Waals surface area contributed by atoms with Crippen LogP contribution >= 0.6 is 11.6 Å². The highest BCUT2D eigenvalue weighted by Gasteiger charge is 2.12. The SMILES string of the molecule is Cc1ccnc(Cl)c1NC(C)c1ccnn1C. The van der Waals surface area contributed by atoms with Gasteiger partial charge in [0.25, 0.3) is 0 Å². The molecule has 0 amide bonds. The molecule has 17 heavy (non-hydrogen) atoms. The molecule has 1 N–H and O–H groups in total. The Morgan fingerprint density at radius 2 is 2.12 bits per heavy atom. The van der Waals surface area contributed by atoms with E-state index in [1.165, 1.54) is 0 Å². The van der Waals surface area contributed by atoms with Gasteiger partial charge in [0.15, 0.2) is 5.15 Å². The molecule has 0 aromatic carbocycles. The normalized spacial score (nSPS) is 12.5. The Morgan fingerprint density at radius 1 is 1.35 bits per heavy atom. The van der Waals surface area contributed by atoms with Crippen molar-refractivity contribution in [2.24, 2.45) is 7.05 Å². The van der Waals surface area contributed by atoms with Crippen molar-refractivity contribution < 1.29 is 0 Å². The molecule has 90 valence electrons. The van der Waals surface area contributed by atoms with Gasteiger partial charge in [0.1, 0.15) is 0 Å². The molecule has 0 aliphatic rings. The Kier molecular flexibility index (Phi) is 3.33. The highest BCUT2D eigenvalue weighted by atomic mass is 35.5. The molecule has 1 atom stereocenters.